The number of nitrogens with zero attached hydrogens (tertiary/aromatic N) is 3. The van der Waals surface area contributed by atoms with Crippen molar-refractivity contribution in [3.63, 3.8) is 0 Å². The lowest BCUT2D eigenvalue weighted by molar-refractivity contribution is -0.134. The number of unbranched alkanes of at least 4 members (excludes halogenated alkanes) is 6. The molecule has 0 aliphatic rings. The van der Waals surface area contributed by atoms with Crippen molar-refractivity contribution in [2.45, 2.75) is 71.3 Å². The molecule has 0 saturated carbocycles. The predicted molar refractivity (Wildman–Crippen MR) is 142 cm³/mol. The Morgan fingerprint density at radius 1 is 0.971 bits per heavy atom. The Bertz CT molecular complexity index is 1130. The summed E-state index contributed by atoms with van der Waals surface area (Å²) in [6.45, 7) is 5.05. The lowest BCUT2D eigenvalue weighted by atomic mass is 10.1. The molecule has 35 heavy (non-hydrogen) atoms. The van der Waals surface area contributed by atoms with E-state index >= 15 is 0 Å². The highest BCUT2D eigenvalue weighted by Gasteiger charge is 2.26. The molecule has 6 nitrogen and oxygen atoms in total. The lowest BCUT2D eigenvalue weighted by Gasteiger charge is -2.30. The highest BCUT2D eigenvalue weighted by Crippen LogP contribution is 2.24. The molecule has 1 atom stereocenters. The van der Waals surface area contributed by atoms with Gasteiger partial charge in [0, 0.05) is 20.1 Å². The van der Waals surface area contributed by atoms with Crippen LogP contribution in [0.2, 0.25) is 0 Å². The van der Waals surface area contributed by atoms with E-state index in [0.29, 0.717) is 36.3 Å². The first-order chi connectivity index (χ1) is 17.1. The smallest absolute Gasteiger partial charge is 0.266 e. The summed E-state index contributed by atoms with van der Waals surface area (Å²) in [6.07, 6.45) is 8.61. The number of methoxy groups -OCH3 is 1. The molecule has 0 radical (unpaired) electrons. The zero-order valence-electron chi connectivity index (χ0n) is 21.4. The summed E-state index contributed by atoms with van der Waals surface area (Å²) in [5, 5.41) is 0.560. The third-order valence-electron chi connectivity index (χ3n) is 6.51. The molecule has 0 aliphatic carbocycles. The number of fused-ring (bicyclic) bond motifs is 1. The first-order valence-corrected chi connectivity index (χ1v) is 12.9. The van der Waals surface area contributed by atoms with E-state index in [4.69, 9.17) is 9.72 Å². The number of carbonyl (C=O) groups excluding carboxylic acids is 1. The van der Waals surface area contributed by atoms with E-state index in [1.807, 2.05) is 60.4 Å². The van der Waals surface area contributed by atoms with Crippen molar-refractivity contribution in [1.82, 2.24) is 14.5 Å². The van der Waals surface area contributed by atoms with Gasteiger partial charge in [-0.2, -0.15) is 0 Å². The van der Waals surface area contributed by atoms with E-state index < -0.39 is 0 Å². The Kier molecular flexibility index (Phi) is 10.5. The van der Waals surface area contributed by atoms with Gasteiger partial charge in [-0.25, -0.2) is 4.98 Å². The van der Waals surface area contributed by atoms with Crippen LogP contribution >= 0.6 is 0 Å². The maximum atomic E-state index is 13.6. The molecule has 1 amide bonds. The fourth-order valence-electron chi connectivity index (χ4n) is 4.50. The van der Waals surface area contributed by atoms with Crippen LogP contribution in [-0.2, 0) is 9.53 Å². The van der Waals surface area contributed by atoms with Gasteiger partial charge in [-0.15, -0.1) is 0 Å². The van der Waals surface area contributed by atoms with Crippen molar-refractivity contribution in [3.05, 3.63) is 70.8 Å². The average Bonchev–Trinajstić information content (AvgIpc) is 2.88. The van der Waals surface area contributed by atoms with Gasteiger partial charge >= 0.3 is 0 Å². The van der Waals surface area contributed by atoms with Crippen molar-refractivity contribution in [2.75, 3.05) is 20.3 Å². The van der Waals surface area contributed by atoms with Crippen molar-refractivity contribution in [3.8, 4) is 5.69 Å². The van der Waals surface area contributed by atoms with Crippen LogP contribution in [0, 0.1) is 0 Å². The van der Waals surface area contributed by atoms with E-state index in [-0.39, 0.29) is 17.5 Å². The normalized spacial score (nSPS) is 12.1. The highest BCUT2D eigenvalue weighted by molar-refractivity contribution is 5.79. The summed E-state index contributed by atoms with van der Waals surface area (Å²) in [5.74, 6) is 0.633. The van der Waals surface area contributed by atoms with Gasteiger partial charge in [-0.3, -0.25) is 14.2 Å². The first kappa shape index (κ1) is 26.6. The van der Waals surface area contributed by atoms with E-state index in [0.717, 1.165) is 18.5 Å². The van der Waals surface area contributed by atoms with Gasteiger partial charge in [-0.05, 0) is 37.6 Å². The number of amides is 1. The van der Waals surface area contributed by atoms with Crippen molar-refractivity contribution in [1.29, 1.82) is 0 Å². The number of rotatable bonds is 14. The van der Waals surface area contributed by atoms with Crippen LogP contribution in [0.25, 0.3) is 16.6 Å². The molecule has 1 aromatic heterocycles. The van der Waals surface area contributed by atoms with Crippen molar-refractivity contribution < 1.29 is 9.53 Å². The van der Waals surface area contributed by atoms with Crippen molar-refractivity contribution >= 4 is 16.8 Å². The third kappa shape index (κ3) is 7.01. The minimum absolute atomic E-state index is 0.0742. The number of aromatic nitrogens is 2. The quantitative estimate of drug-likeness (QED) is 0.265. The van der Waals surface area contributed by atoms with E-state index in [1.165, 1.54) is 32.1 Å². The molecule has 3 aromatic rings. The summed E-state index contributed by atoms with van der Waals surface area (Å²) in [4.78, 5) is 33.6. The number of carbonyl (C=O) groups is 1. The van der Waals surface area contributed by atoms with E-state index in [9.17, 15) is 9.59 Å². The SMILES string of the molecule is CCCCCCCCCC(=O)N(CCOC)C(C)c1nc2ccccc2c(=O)n1-c1ccccc1. The molecular weight excluding hydrogens is 438 g/mol. The lowest BCUT2D eigenvalue weighted by Crippen LogP contribution is -2.39. The van der Waals surface area contributed by atoms with Gasteiger partial charge in [0.25, 0.3) is 5.56 Å². The standard InChI is InChI=1S/C29H39N3O3/c1-4-5-6-7-8-9-13-20-27(33)31(21-22-35-3)23(2)28-30-26-19-15-14-18-25(26)29(34)32(28)24-16-11-10-12-17-24/h10-12,14-19,23H,4-9,13,20-22H2,1-3H3. The van der Waals surface area contributed by atoms with Gasteiger partial charge in [0.05, 0.1) is 29.2 Å². The fraction of sp³-hybridized carbons (Fsp3) is 0.483. The maximum Gasteiger partial charge on any atom is 0.266 e. The van der Waals surface area contributed by atoms with Crippen LogP contribution < -0.4 is 5.56 Å². The predicted octanol–water partition coefficient (Wildman–Crippen LogP) is 6.06. The van der Waals surface area contributed by atoms with Gasteiger partial charge in [0.1, 0.15) is 5.82 Å². The molecule has 3 rings (SSSR count). The fourth-order valence-corrected chi connectivity index (χ4v) is 4.50. The largest absolute Gasteiger partial charge is 0.383 e. The molecule has 0 spiro atoms. The minimum atomic E-state index is -0.389. The number of ether oxygens (including phenoxy) is 1. The Hall–Kier alpha value is -2.99. The average molecular weight is 478 g/mol. The van der Waals surface area contributed by atoms with E-state index in [1.54, 1.807) is 17.7 Å². The van der Waals surface area contributed by atoms with Crippen LogP contribution in [-0.4, -0.2) is 40.6 Å². The second-order valence-electron chi connectivity index (χ2n) is 9.09. The second kappa shape index (κ2) is 13.8. The Labute approximate surface area is 208 Å². The van der Waals surface area contributed by atoms with Crippen molar-refractivity contribution in [2.24, 2.45) is 0 Å². The molecule has 0 saturated heterocycles. The molecule has 0 N–H and O–H groups in total. The topological polar surface area (TPSA) is 64.4 Å². The molecule has 6 heteroatoms. The molecule has 1 unspecified atom stereocenters. The Morgan fingerprint density at radius 2 is 1.63 bits per heavy atom. The van der Waals surface area contributed by atoms with Gasteiger partial charge in [0.2, 0.25) is 5.91 Å². The molecule has 0 bridgehead atoms. The zero-order chi connectivity index (χ0) is 25.0. The Morgan fingerprint density at radius 3 is 2.34 bits per heavy atom. The third-order valence-corrected chi connectivity index (χ3v) is 6.51. The number of benzene rings is 2. The summed E-state index contributed by atoms with van der Waals surface area (Å²) in [5.41, 5.74) is 1.25. The second-order valence-corrected chi connectivity index (χ2v) is 9.09. The van der Waals surface area contributed by atoms with Gasteiger partial charge < -0.3 is 9.64 Å². The molecular formula is C29H39N3O3. The monoisotopic (exact) mass is 477 g/mol. The van der Waals surface area contributed by atoms with Crippen LogP contribution in [0.5, 0.6) is 0 Å². The van der Waals surface area contributed by atoms with Crippen LogP contribution in [0.3, 0.4) is 0 Å². The van der Waals surface area contributed by atoms with Crippen LogP contribution in [0.15, 0.2) is 59.4 Å². The van der Waals surface area contributed by atoms with E-state index in [2.05, 4.69) is 6.92 Å². The summed E-state index contributed by atoms with van der Waals surface area (Å²) >= 11 is 0. The Balaban J connectivity index is 1.88. The van der Waals surface area contributed by atoms with Gasteiger partial charge in [0.15, 0.2) is 0 Å². The number of para-hydroxylation sites is 2. The number of hydrogen-bond donors (Lipinski definition) is 0. The zero-order valence-corrected chi connectivity index (χ0v) is 21.4. The summed E-state index contributed by atoms with van der Waals surface area (Å²) < 4.78 is 6.96. The molecule has 0 aliphatic heterocycles. The first-order valence-electron chi connectivity index (χ1n) is 12.9. The molecule has 0 fully saturated rings. The molecule has 2 aromatic carbocycles. The van der Waals surface area contributed by atoms with Crippen LogP contribution in [0.1, 0.15) is 77.1 Å². The van der Waals surface area contributed by atoms with Gasteiger partial charge in [-0.1, -0.05) is 75.8 Å². The highest BCUT2D eigenvalue weighted by atomic mass is 16.5. The summed E-state index contributed by atoms with van der Waals surface area (Å²) in [7, 11) is 1.64. The summed E-state index contributed by atoms with van der Waals surface area (Å²) in [6, 6.07) is 16.5. The minimum Gasteiger partial charge on any atom is -0.383 e. The molecule has 188 valence electrons. The molecule has 1 heterocycles. The van der Waals surface area contributed by atoms with Crippen LogP contribution in [0.4, 0.5) is 0 Å². The number of hydrogen-bond acceptors (Lipinski definition) is 4. The maximum absolute atomic E-state index is 13.6.